The highest BCUT2D eigenvalue weighted by Crippen LogP contribution is 2.08. The molecule has 0 fully saturated rings. The van der Waals surface area contributed by atoms with Gasteiger partial charge in [0, 0.05) is 25.4 Å². The van der Waals surface area contributed by atoms with Gasteiger partial charge >= 0.3 is 0 Å². The van der Waals surface area contributed by atoms with Crippen LogP contribution in [-0.4, -0.2) is 16.3 Å². The van der Waals surface area contributed by atoms with Crippen molar-refractivity contribution in [1.82, 2.24) is 4.57 Å². The summed E-state index contributed by atoms with van der Waals surface area (Å²) in [6.07, 6.45) is 6.29. The number of hydrogen-bond donors (Lipinski definition) is 1. The molecule has 0 aliphatic carbocycles. The third kappa shape index (κ3) is 3.93. The van der Waals surface area contributed by atoms with Crippen LogP contribution in [-0.2, 0) is 6.54 Å². The molecule has 1 N–H and O–H groups in total. The van der Waals surface area contributed by atoms with E-state index >= 15 is 0 Å². The zero-order valence-electron chi connectivity index (χ0n) is 11.6. The summed E-state index contributed by atoms with van der Waals surface area (Å²) in [7, 11) is 0. The summed E-state index contributed by atoms with van der Waals surface area (Å²) < 4.78 is 1.61. The SMILES string of the molecule is Cc1ccc(/C=C/c2ccn(CCCO)c(=O)c2)cc1. The van der Waals surface area contributed by atoms with Crippen molar-refractivity contribution < 1.29 is 5.11 Å². The van der Waals surface area contributed by atoms with E-state index in [1.165, 1.54) is 5.56 Å². The summed E-state index contributed by atoms with van der Waals surface area (Å²) in [6.45, 7) is 2.71. The maximum atomic E-state index is 11.8. The lowest BCUT2D eigenvalue weighted by molar-refractivity contribution is 0.279. The van der Waals surface area contributed by atoms with Gasteiger partial charge in [-0.2, -0.15) is 0 Å². The van der Waals surface area contributed by atoms with Crippen molar-refractivity contribution in [3.63, 3.8) is 0 Å². The summed E-state index contributed by atoms with van der Waals surface area (Å²) in [5.74, 6) is 0. The van der Waals surface area contributed by atoms with Crippen LogP contribution in [0, 0.1) is 6.92 Å². The Morgan fingerprint density at radius 2 is 1.80 bits per heavy atom. The first-order chi connectivity index (χ1) is 9.69. The van der Waals surface area contributed by atoms with Crippen molar-refractivity contribution in [3.8, 4) is 0 Å². The van der Waals surface area contributed by atoms with Gasteiger partial charge in [0.2, 0.25) is 0 Å². The van der Waals surface area contributed by atoms with Crippen LogP contribution in [0.25, 0.3) is 12.2 Å². The highest BCUT2D eigenvalue weighted by molar-refractivity contribution is 5.69. The second-order valence-electron chi connectivity index (χ2n) is 4.81. The lowest BCUT2D eigenvalue weighted by Crippen LogP contribution is -2.19. The topological polar surface area (TPSA) is 42.2 Å². The number of aliphatic hydroxyl groups is 1. The monoisotopic (exact) mass is 269 g/mol. The second-order valence-corrected chi connectivity index (χ2v) is 4.81. The quantitative estimate of drug-likeness (QED) is 0.907. The summed E-state index contributed by atoms with van der Waals surface area (Å²) in [6, 6.07) is 11.7. The molecule has 0 amide bonds. The van der Waals surface area contributed by atoms with Crippen LogP contribution in [0.2, 0.25) is 0 Å². The molecule has 0 radical (unpaired) electrons. The second kappa shape index (κ2) is 6.87. The van der Waals surface area contributed by atoms with Crippen molar-refractivity contribution in [2.24, 2.45) is 0 Å². The van der Waals surface area contributed by atoms with Gasteiger partial charge < -0.3 is 9.67 Å². The Morgan fingerprint density at radius 1 is 1.10 bits per heavy atom. The largest absolute Gasteiger partial charge is 0.396 e. The Balaban J connectivity index is 2.12. The van der Waals surface area contributed by atoms with Gasteiger partial charge in [-0.25, -0.2) is 0 Å². The molecule has 1 heterocycles. The average molecular weight is 269 g/mol. The van der Waals surface area contributed by atoms with Crippen LogP contribution in [0.5, 0.6) is 0 Å². The Labute approximate surface area is 118 Å². The van der Waals surface area contributed by atoms with Gasteiger partial charge in [0.1, 0.15) is 0 Å². The Bertz CT molecular complexity index is 639. The van der Waals surface area contributed by atoms with Gasteiger partial charge in [-0.1, -0.05) is 42.0 Å². The fourth-order valence-corrected chi connectivity index (χ4v) is 1.92. The Hall–Kier alpha value is -2.13. The van der Waals surface area contributed by atoms with E-state index in [0.29, 0.717) is 13.0 Å². The molecule has 0 saturated carbocycles. The lowest BCUT2D eigenvalue weighted by Gasteiger charge is -2.04. The first-order valence-corrected chi connectivity index (χ1v) is 6.75. The van der Waals surface area contributed by atoms with E-state index in [2.05, 4.69) is 19.1 Å². The van der Waals surface area contributed by atoms with Crippen LogP contribution in [0.15, 0.2) is 47.4 Å². The van der Waals surface area contributed by atoms with Crippen LogP contribution < -0.4 is 5.56 Å². The van der Waals surface area contributed by atoms with Gasteiger partial charge in [-0.15, -0.1) is 0 Å². The fourth-order valence-electron chi connectivity index (χ4n) is 1.92. The molecule has 20 heavy (non-hydrogen) atoms. The molecule has 0 bridgehead atoms. The van der Waals surface area contributed by atoms with E-state index in [9.17, 15) is 4.79 Å². The third-order valence-corrected chi connectivity index (χ3v) is 3.12. The molecule has 2 aromatic rings. The van der Waals surface area contributed by atoms with E-state index < -0.39 is 0 Å². The molecule has 1 aromatic carbocycles. The van der Waals surface area contributed by atoms with E-state index in [1.54, 1.807) is 16.8 Å². The maximum Gasteiger partial charge on any atom is 0.251 e. The zero-order chi connectivity index (χ0) is 14.4. The molecule has 3 heteroatoms. The van der Waals surface area contributed by atoms with E-state index in [1.807, 2.05) is 30.4 Å². The highest BCUT2D eigenvalue weighted by Gasteiger charge is 1.96. The summed E-state index contributed by atoms with van der Waals surface area (Å²) in [5.41, 5.74) is 3.19. The average Bonchev–Trinajstić information content (AvgIpc) is 2.46. The van der Waals surface area contributed by atoms with E-state index in [4.69, 9.17) is 5.11 Å². The number of hydrogen-bond acceptors (Lipinski definition) is 2. The number of rotatable bonds is 5. The summed E-state index contributed by atoms with van der Waals surface area (Å²) >= 11 is 0. The number of aliphatic hydroxyl groups excluding tert-OH is 1. The van der Waals surface area contributed by atoms with Crippen LogP contribution in [0.4, 0.5) is 0 Å². The minimum absolute atomic E-state index is 0.0375. The molecule has 0 unspecified atom stereocenters. The van der Waals surface area contributed by atoms with Gasteiger partial charge in [-0.3, -0.25) is 4.79 Å². The highest BCUT2D eigenvalue weighted by atomic mass is 16.3. The molecule has 0 aliphatic heterocycles. The maximum absolute atomic E-state index is 11.8. The van der Waals surface area contributed by atoms with Gasteiger partial charge in [0.05, 0.1) is 0 Å². The minimum atomic E-state index is -0.0375. The molecule has 0 atom stereocenters. The van der Waals surface area contributed by atoms with Gasteiger partial charge in [0.25, 0.3) is 5.56 Å². The Morgan fingerprint density at radius 3 is 2.45 bits per heavy atom. The number of benzene rings is 1. The van der Waals surface area contributed by atoms with Crippen molar-refractivity contribution in [1.29, 1.82) is 0 Å². The third-order valence-electron chi connectivity index (χ3n) is 3.12. The number of aromatic nitrogens is 1. The lowest BCUT2D eigenvalue weighted by atomic mass is 10.1. The molecule has 0 spiro atoms. The minimum Gasteiger partial charge on any atom is -0.396 e. The predicted octanol–water partition coefficient (Wildman–Crippen LogP) is 2.71. The van der Waals surface area contributed by atoms with Crippen molar-refractivity contribution in [2.75, 3.05) is 6.61 Å². The molecular formula is C17H19NO2. The van der Waals surface area contributed by atoms with Crippen LogP contribution in [0.1, 0.15) is 23.1 Å². The smallest absolute Gasteiger partial charge is 0.251 e. The number of aryl methyl sites for hydroxylation is 2. The van der Waals surface area contributed by atoms with Crippen molar-refractivity contribution in [2.45, 2.75) is 19.9 Å². The van der Waals surface area contributed by atoms with Crippen LogP contribution in [0.3, 0.4) is 0 Å². The molecule has 3 nitrogen and oxygen atoms in total. The fraction of sp³-hybridized carbons (Fsp3) is 0.235. The molecule has 0 saturated heterocycles. The molecule has 1 aromatic heterocycles. The molecule has 0 aliphatic rings. The molecular weight excluding hydrogens is 250 g/mol. The number of nitrogens with zero attached hydrogens (tertiary/aromatic N) is 1. The zero-order valence-corrected chi connectivity index (χ0v) is 11.6. The van der Waals surface area contributed by atoms with Crippen molar-refractivity contribution in [3.05, 3.63) is 69.6 Å². The first-order valence-electron chi connectivity index (χ1n) is 6.75. The van der Waals surface area contributed by atoms with E-state index in [-0.39, 0.29) is 12.2 Å². The molecule has 2 rings (SSSR count). The van der Waals surface area contributed by atoms with Crippen LogP contribution >= 0.6 is 0 Å². The molecule has 104 valence electrons. The number of pyridine rings is 1. The Kier molecular flexibility index (Phi) is 4.91. The van der Waals surface area contributed by atoms with Gasteiger partial charge in [-0.05, 0) is 30.5 Å². The first kappa shape index (κ1) is 14.3. The predicted molar refractivity (Wildman–Crippen MR) is 82.5 cm³/mol. The van der Waals surface area contributed by atoms with Gasteiger partial charge in [0.15, 0.2) is 0 Å². The van der Waals surface area contributed by atoms with E-state index in [0.717, 1.165) is 11.1 Å². The summed E-state index contributed by atoms with van der Waals surface area (Å²) in [4.78, 5) is 11.8. The summed E-state index contributed by atoms with van der Waals surface area (Å²) in [5, 5.41) is 8.78. The van der Waals surface area contributed by atoms with Crippen molar-refractivity contribution >= 4 is 12.2 Å². The normalized spacial score (nSPS) is 11.1. The standard InChI is InChI=1S/C17H19NO2/c1-14-3-5-15(6-4-14)7-8-16-9-11-18(10-2-12-19)17(20)13-16/h3-9,11,13,19H,2,10,12H2,1H3/b8-7+.